The van der Waals surface area contributed by atoms with Crippen molar-refractivity contribution in [3.8, 4) is 0 Å². The Bertz CT molecular complexity index is 239. The third kappa shape index (κ3) is 3.69. The molecule has 1 aliphatic heterocycles. The fourth-order valence-corrected chi connectivity index (χ4v) is 3.51. The summed E-state index contributed by atoms with van der Waals surface area (Å²) in [6.45, 7) is 3.41. The molecule has 0 aromatic heterocycles. The normalized spacial score (nSPS) is 28.7. The number of rotatable bonds is 6. The minimum Gasteiger partial charge on any atom is -0.396 e. The van der Waals surface area contributed by atoms with Crippen LogP contribution in [-0.2, 0) is 4.74 Å². The molecule has 2 fully saturated rings. The van der Waals surface area contributed by atoms with Gasteiger partial charge in [0.1, 0.15) is 0 Å². The Labute approximate surface area is 111 Å². The van der Waals surface area contributed by atoms with Gasteiger partial charge in [-0.25, -0.2) is 0 Å². The largest absolute Gasteiger partial charge is 0.396 e. The van der Waals surface area contributed by atoms with E-state index in [1.54, 1.807) is 0 Å². The Morgan fingerprint density at radius 3 is 2.72 bits per heavy atom. The van der Waals surface area contributed by atoms with Gasteiger partial charge in [0.15, 0.2) is 0 Å². The van der Waals surface area contributed by atoms with Gasteiger partial charge in [0, 0.05) is 19.2 Å². The van der Waals surface area contributed by atoms with Gasteiger partial charge in [-0.1, -0.05) is 26.2 Å². The first-order valence-electron chi connectivity index (χ1n) is 7.80. The molecule has 0 radical (unpaired) electrons. The molecule has 106 valence electrons. The first-order chi connectivity index (χ1) is 8.78. The topological polar surface area (TPSA) is 41.5 Å². The molecule has 0 aromatic carbocycles. The van der Waals surface area contributed by atoms with E-state index < -0.39 is 0 Å². The van der Waals surface area contributed by atoms with Crippen molar-refractivity contribution in [3.63, 3.8) is 0 Å². The van der Waals surface area contributed by atoms with Crippen LogP contribution in [0.3, 0.4) is 0 Å². The van der Waals surface area contributed by atoms with E-state index in [0.717, 1.165) is 19.4 Å². The van der Waals surface area contributed by atoms with Crippen LogP contribution >= 0.6 is 0 Å². The van der Waals surface area contributed by atoms with E-state index in [4.69, 9.17) is 9.84 Å². The highest BCUT2D eigenvalue weighted by Crippen LogP contribution is 2.41. The van der Waals surface area contributed by atoms with E-state index in [2.05, 4.69) is 12.2 Å². The highest BCUT2D eigenvalue weighted by Gasteiger charge is 2.40. The number of hydrogen-bond acceptors (Lipinski definition) is 3. The van der Waals surface area contributed by atoms with Gasteiger partial charge in [-0.2, -0.15) is 0 Å². The number of nitrogens with one attached hydrogen (secondary N) is 1. The monoisotopic (exact) mass is 255 g/mol. The Morgan fingerprint density at radius 2 is 2.06 bits per heavy atom. The SMILES string of the molecule is CCC(CCO)NCC1CCC2(CCCCC2)O1. The van der Waals surface area contributed by atoms with Crippen LogP contribution in [0, 0.1) is 0 Å². The van der Waals surface area contributed by atoms with Crippen LogP contribution in [0.1, 0.15) is 64.7 Å². The molecule has 2 N–H and O–H groups in total. The summed E-state index contributed by atoms with van der Waals surface area (Å²) < 4.78 is 6.34. The van der Waals surface area contributed by atoms with Gasteiger partial charge in [-0.05, 0) is 38.5 Å². The average molecular weight is 255 g/mol. The van der Waals surface area contributed by atoms with E-state index in [-0.39, 0.29) is 12.2 Å². The first-order valence-corrected chi connectivity index (χ1v) is 7.80. The van der Waals surface area contributed by atoms with E-state index in [1.165, 1.54) is 44.9 Å². The minimum absolute atomic E-state index is 0.239. The molecule has 18 heavy (non-hydrogen) atoms. The molecule has 2 unspecified atom stereocenters. The molecule has 3 nitrogen and oxygen atoms in total. The van der Waals surface area contributed by atoms with Crippen molar-refractivity contribution in [2.24, 2.45) is 0 Å². The van der Waals surface area contributed by atoms with Crippen molar-refractivity contribution in [2.75, 3.05) is 13.2 Å². The third-order valence-corrected chi connectivity index (χ3v) is 4.71. The molecular formula is C15H29NO2. The van der Waals surface area contributed by atoms with Gasteiger partial charge < -0.3 is 15.2 Å². The summed E-state index contributed by atoms with van der Waals surface area (Å²) in [5.74, 6) is 0. The predicted molar refractivity (Wildman–Crippen MR) is 73.7 cm³/mol. The van der Waals surface area contributed by atoms with E-state index in [0.29, 0.717) is 12.1 Å². The van der Waals surface area contributed by atoms with Crippen molar-refractivity contribution < 1.29 is 9.84 Å². The lowest BCUT2D eigenvalue weighted by Crippen LogP contribution is -2.38. The molecule has 0 bridgehead atoms. The van der Waals surface area contributed by atoms with Crippen LogP contribution in [-0.4, -0.2) is 36.0 Å². The zero-order chi connectivity index (χ0) is 12.8. The van der Waals surface area contributed by atoms with Gasteiger partial charge in [0.05, 0.1) is 11.7 Å². The zero-order valence-corrected chi connectivity index (χ0v) is 11.8. The second kappa shape index (κ2) is 6.88. The summed E-state index contributed by atoms with van der Waals surface area (Å²) in [7, 11) is 0. The fraction of sp³-hybridized carbons (Fsp3) is 1.00. The Hall–Kier alpha value is -0.120. The van der Waals surface area contributed by atoms with Crippen molar-refractivity contribution in [3.05, 3.63) is 0 Å². The molecule has 2 rings (SSSR count). The fourth-order valence-electron chi connectivity index (χ4n) is 3.51. The van der Waals surface area contributed by atoms with Crippen molar-refractivity contribution in [2.45, 2.75) is 82.5 Å². The van der Waals surface area contributed by atoms with E-state index in [9.17, 15) is 0 Å². The standard InChI is InChI=1S/C15H29NO2/c1-2-13(7-11-17)16-12-14-6-10-15(18-14)8-4-3-5-9-15/h13-14,16-17H,2-12H2,1H3. The molecule has 2 aliphatic rings. The van der Waals surface area contributed by atoms with Gasteiger partial charge in [0.2, 0.25) is 0 Å². The molecule has 0 aromatic rings. The molecular weight excluding hydrogens is 226 g/mol. The Morgan fingerprint density at radius 1 is 1.28 bits per heavy atom. The van der Waals surface area contributed by atoms with Crippen LogP contribution in [0.15, 0.2) is 0 Å². The van der Waals surface area contributed by atoms with Gasteiger partial charge >= 0.3 is 0 Å². The molecule has 3 heteroatoms. The van der Waals surface area contributed by atoms with Gasteiger partial charge in [0.25, 0.3) is 0 Å². The van der Waals surface area contributed by atoms with E-state index >= 15 is 0 Å². The number of ether oxygens (including phenoxy) is 1. The highest BCUT2D eigenvalue weighted by atomic mass is 16.5. The minimum atomic E-state index is 0.239. The lowest BCUT2D eigenvalue weighted by Gasteiger charge is -2.33. The number of aliphatic hydroxyl groups is 1. The summed E-state index contributed by atoms with van der Waals surface area (Å²) >= 11 is 0. The van der Waals surface area contributed by atoms with Crippen molar-refractivity contribution in [1.29, 1.82) is 0 Å². The summed E-state index contributed by atoms with van der Waals surface area (Å²) in [5.41, 5.74) is 0.239. The van der Waals surface area contributed by atoms with Gasteiger partial charge in [-0.3, -0.25) is 0 Å². The zero-order valence-electron chi connectivity index (χ0n) is 11.8. The van der Waals surface area contributed by atoms with Crippen LogP contribution < -0.4 is 5.32 Å². The van der Waals surface area contributed by atoms with Crippen LogP contribution in [0.4, 0.5) is 0 Å². The molecule has 1 aliphatic carbocycles. The van der Waals surface area contributed by atoms with Crippen molar-refractivity contribution >= 4 is 0 Å². The Balaban J connectivity index is 1.72. The second-order valence-corrected chi connectivity index (χ2v) is 6.05. The van der Waals surface area contributed by atoms with Gasteiger partial charge in [-0.15, -0.1) is 0 Å². The molecule has 0 amide bonds. The van der Waals surface area contributed by atoms with Crippen LogP contribution in [0.5, 0.6) is 0 Å². The average Bonchev–Trinajstić information content (AvgIpc) is 2.78. The summed E-state index contributed by atoms with van der Waals surface area (Å²) in [4.78, 5) is 0. The van der Waals surface area contributed by atoms with E-state index in [1.807, 2.05) is 0 Å². The predicted octanol–water partition coefficient (Wildman–Crippen LogP) is 2.62. The summed E-state index contributed by atoms with van der Waals surface area (Å²) in [5, 5.41) is 12.5. The lowest BCUT2D eigenvalue weighted by atomic mass is 9.83. The number of aliphatic hydroxyl groups excluding tert-OH is 1. The van der Waals surface area contributed by atoms with Crippen LogP contribution in [0.25, 0.3) is 0 Å². The maximum atomic E-state index is 8.99. The van der Waals surface area contributed by atoms with Crippen LogP contribution in [0.2, 0.25) is 0 Å². The summed E-state index contributed by atoms with van der Waals surface area (Å²) in [6, 6.07) is 0.446. The quantitative estimate of drug-likeness (QED) is 0.766. The maximum Gasteiger partial charge on any atom is 0.0708 e. The molecule has 1 saturated heterocycles. The molecule has 1 spiro atoms. The smallest absolute Gasteiger partial charge is 0.0708 e. The summed E-state index contributed by atoms with van der Waals surface area (Å²) in [6.07, 6.45) is 11.4. The molecule has 1 heterocycles. The molecule has 2 atom stereocenters. The first kappa shape index (κ1) is 14.3. The second-order valence-electron chi connectivity index (χ2n) is 6.05. The lowest BCUT2D eigenvalue weighted by molar-refractivity contribution is -0.0631. The third-order valence-electron chi connectivity index (χ3n) is 4.71. The Kier molecular flexibility index (Phi) is 5.46. The maximum absolute atomic E-state index is 8.99. The molecule has 1 saturated carbocycles. The van der Waals surface area contributed by atoms with Crippen molar-refractivity contribution in [1.82, 2.24) is 5.32 Å². The number of hydrogen-bond donors (Lipinski definition) is 2. The highest BCUT2D eigenvalue weighted by molar-refractivity contribution is 4.92.